The maximum Gasteiger partial charge on any atom is 0.338 e. The predicted molar refractivity (Wildman–Crippen MR) is 124 cm³/mol. The summed E-state index contributed by atoms with van der Waals surface area (Å²) in [7, 11) is 1.53. The SMILES string of the molecule is CCOC(=O)c1ccc2nc(NC(=O)Cn3c(=O)cc(C)c4cccc(OC)c43)sc2c1. The summed E-state index contributed by atoms with van der Waals surface area (Å²) in [6.07, 6.45) is 0. The van der Waals surface area contributed by atoms with Crippen molar-refractivity contribution in [3.63, 3.8) is 0 Å². The second kappa shape index (κ2) is 8.80. The number of aromatic nitrogens is 2. The van der Waals surface area contributed by atoms with E-state index >= 15 is 0 Å². The summed E-state index contributed by atoms with van der Waals surface area (Å²) in [4.78, 5) is 41.8. The summed E-state index contributed by atoms with van der Waals surface area (Å²) in [5, 5.41) is 3.96. The first-order chi connectivity index (χ1) is 15.4. The number of nitrogens with one attached hydrogen (secondary N) is 1. The van der Waals surface area contributed by atoms with Gasteiger partial charge in [0.25, 0.3) is 5.56 Å². The molecule has 8 nitrogen and oxygen atoms in total. The average molecular weight is 452 g/mol. The molecule has 0 aliphatic rings. The molecule has 0 saturated heterocycles. The first-order valence-electron chi connectivity index (χ1n) is 9.96. The van der Waals surface area contributed by atoms with Gasteiger partial charge in [-0.1, -0.05) is 23.5 Å². The second-order valence-corrected chi connectivity index (χ2v) is 8.11. The fraction of sp³-hybridized carbons (Fsp3) is 0.217. The number of hydrogen-bond donors (Lipinski definition) is 1. The van der Waals surface area contributed by atoms with Crippen molar-refractivity contribution < 1.29 is 19.1 Å². The molecule has 4 aromatic rings. The zero-order chi connectivity index (χ0) is 22.8. The molecule has 0 aliphatic heterocycles. The minimum absolute atomic E-state index is 0.194. The van der Waals surface area contributed by atoms with Crippen molar-refractivity contribution in [2.45, 2.75) is 20.4 Å². The molecule has 0 radical (unpaired) electrons. The van der Waals surface area contributed by atoms with E-state index in [1.807, 2.05) is 19.1 Å². The molecule has 0 atom stereocenters. The maximum atomic E-state index is 12.8. The minimum Gasteiger partial charge on any atom is -0.495 e. The van der Waals surface area contributed by atoms with Crippen LogP contribution in [0, 0.1) is 6.92 Å². The lowest BCUT2D eigenvalue weighted by Gasteiger charge is -2.14. The van der Waals surface area contributed by atoms with Crippen molar-refractivity contribution in [3.8, 4) is 5.75 Å². The highest BCUT2D eigenvalue weighted by Crippen LogP contribution is 2.28. The molecule has 2 aromatic heterocycles. The van der Waals surface area contributed by atoms with E-state index in [-0.39, 0.29) is 12.1 Å². The van der Waals surface area contributed by atoms with E-state index in [9.17, 15) is 14.4 Å². The minimum atomic E-state index is -0.409. The topological polar surface area (TPSA) is 99.5 Å². The molecule has 0 spiro atoms. The van der Waals surface area contributed by atoms with Crippen LogP contribution in [0.4, 0.5) is 5.13 Å². The van der Waals surface area contributed by atoms with E-state index in [4.69, 9.17) is 9.47 Å². The van der Waals surface area contributed by atoms with Gasteiger partial charge < -0.3 is 14.8 Å². The van der Waals surface area contributed by atoms with E-state index in [2.05, 4.69) is 10.3 Å². The molecular weight excluding hydrogens is 430 g/mol. The number of hydrogen-bond acceptors (Lipinski definition) is 7. The van der Waals surface area contributed by atoms with E-state index < -0.39 is 11.9 Å². The summed E-state index contributed by atoms with van der Waals surface area (Å²) in [6.45, 7) is 3.69. The lowest BCUT2D eigenvalue weighted by Crippen LogP contribution is -2.28. The Morgan fingerprint density at radius 2 is 2.00 bits per heavy atom. The standard InChI is InChI=1S/C23H21N3O5S/c1-4-31-22(29)14-8-9-16-18(11-14)32-23(24-16)25-19(27)12-26-20(28)10-13(2)15-6-5-7-17(30-3)21(15)26/h5-11H,4,12H2,1-3H3,(H,24,25,27). The molecular formula is C23H21N3O5S. The highest BCUT2D eigenvalue weighted by Gasteiger charge is 2.16. The van der Waals surface area contributed by atoms with Gasteiger partial charge in [-0.05, 0) is 43.7 Å². The highest BCUT2D eigenvalue weighted by atomic mass is 32.1. The Hall–Kier alpha value is -3.72. The number of methoxy groups -OCH3 is 1. The normalized spacial score (nSPS) is 11.0. The van der Waals surface area contributed by atoms with Crippen LogP contribution in [-0.4, -0.2) is 35.1 Å². The number of aryl methyl sites for hydroxylation is 1. The largest absolute Gasteiger partial charge is 0.495 e. The highest BCUT2D eigenvalue weighted by molar-refractivity contribution is 7.22. The molecule has 0 fully saturated rings. The smallest absolute Gasteiger partial charge is 0.338 e. The van der Waals surface area contributed by atoms with Crippen molar-refractivity contribution in [2.24, 2.45) is 0 Å². The Labute approximate surface area is 187 Å². The molecule has 2 heterocycles. The van der Waals surface area contributed by atoms with Gasteiger partial charge in [0.2, 0.25) is 5.91 Å². The van der Waals surface area contributed by atoms with Crippen LogP contribution in [0.3, 0.4) is 0 Å². The molecule has 0 unspecified atom stereocenters. The summed E-state index contributed by atoms with van der Waals surface area (Å²) < 4.78 is 12.6. The van der Waals surface area contributed by atoms with E-state index in [1.165, 1.54) is 29.1 Å². The zero-order valence-electron chi connectivity index (χ0n) is 17.8. The van der Waals surface area contributed by atoms with E-state index in [1.54, 1.807) is 31.2 Å². The number of fused-ring (bicyclic) bond motifs is 2. The van der Waals surface area contributed by atoms with Crippen LogP contribution < -0.4 is 15.6 Å². The molecule has 0 bridgehead atoms. The van der Waals surface area contributed by atoms with Crippen LogP contribution in [0.5, 0.6) is 5.75 Å². The molecule has 32 heavy (non-hydrogen) atoms. The van der Waals surface area contributed by atoms with Gasteiger partial charge in [-0.3, -0.25) is 14.2 Å². The van der Waals surface area contributed by atoms with Crippen LogP contribution >= 0.6 is 11.3 Å². The zero-order valence-corrected chi connectivity index (χ0v) is 18.6. The molecule has 4 rings (SSSR count). The van der Waals surface area contributed by atoms with Gasteiger partial charge in [0.15, 0.2) is 5.13 Å². The van der Waals surface area contributed by atoms with Crippen molar-refractivity contribution in [1.82, 2.24) is 9.55 Å². The number of carbonyl (C=O) groups is 2. The van der Waals surface area contributed by atoms with Crippen LogP contribution in [0.15, 0.2) is 47.3 Å². The Bertz CT molecular complexity index is 1410. The molecule has 0 aliphatic carbocycles. The number of ether oxygens (including phenoxy) is 2. The molecule has 0 saturated carbocycles. The monoisotopic (exact) mass is 451 g/mol. The van der Waals surface area contributed by atoms with Gasteiger partial charge in [-0.15, -0.1) is 0 Å². The van der Waals surface area contributed by atoms with Crippen molar-refractivity contribution in [3.05, 3.63) is 63.9 Å². The number of para-hydroxylation sites is 1. The van der Waals surface area contributed by atoms with Gasteiger partial charge in [-0.25, -0.2) is 9.78 Å². The Kier molecular flexibility index (Phi) is 5.91. The summed E-state index contributed by atoms with van der Waals surface area (Å²) in [5.74, 6) is -0.289. The average Bonchev–Trinajstić information content (AvgIpc) is 3.17. The number of rotatable bonds is 6. The van der Waals surface area contributed by atoms with Gasteiger partial charge in [0.05, 0.1) is 35.0 Å². The Morgan fingerprint density at radius 3 is 2.75 bits per heavy atom. The first kappa shape index (κ1) is 21.5. The van der Waals surface area contributed by atoms with E-state index in [0.717, 1.165) is 15.6 Å². The lowest BCUT2D eigenvalue weighted by atomic mass is 10.1. The van der Waals surface area contributed by atoms with Crippen molar-refractivity contribution >= 4 is 49.5 Å². The second-order valence-electron chi connectivity index (χ2n) is 7.08. The van der Waals surface area contributed by atoms with Gasteiger partial charge in [0, 0.05) is 11.5 Å². The van der Waals surface area contributed by atoms with Gasteiger partial charge in [-0.2, -0.15) is 0 Å². The number of anilines is 1. The Balaban J connectivity index is 1.62. The lowest BCUT2D eigenvalue weighted by molar-refractivity contribution is -0.116. The third-order valence-corrected chi connectivity index (χ3v) is 5.90. The fourth-order valence-corrected chi connectivity index (χ4v) is 4.43. The third-order valence-electron chi connectivity index (χ3n) is 4.97. The van der Waals surface area contributed by atoms with Crippen LogP contribution in [0.25, 0.3) is 21.1 Å². The van der Waals surface area contributed by atoms with Crippen molar-refractivity contribution in [2.75, 3.05) is 19.0 Å². The van der Waals surface area contributed by atoms with Crippen LogP contribution in [-0.2, 0) is 16.1 Å². The number of benzene rings is 2. The third kappa shape index (κ3) is 4.06. The number of carbonyl (C=O) groups excluding carboxylic acids is 2. The first-order valence-corrected chi connectivity index (χ1v) is 10.8. The summed E-state index contributed by atoms with van der Waals surface area (Å²) in [6, 6.07) is 12.0. The Morgan fingerprint density at radius 1 is 1.19 bits per heavy atom. The molecule has 9 heteroatoms. The summed E-state index contributed by atoms with van der Waals surface area (Å²) in [5.41, 5.74) is 2.16. The van der Waals surface area contributed by atoms with Crippen LogP contribution in [0.1, 0.15) is 22.8 Å². The number of nitrogens with zero attached hydrogens (tertiary/aromatic N) is 2. The molecule has 164 valence electrons. The van der Waals surface area contributed by atoms with Gasteiger partial charge in [0.1, 0.15) is 12.3 Å². The van der Waals surface area contributed by atoms with Gasteiger partial charge >= 0.3 is 5.97 Å². The predicted octanol–water partition coefficient (Wildman–Crippen LogP) is 3.74. The number of esters is 1. The number of thiazole rings is 1. The number of pyridine rings is 1. The fourth-order valence-electron chi connectivity index (χ4n) is 3.51. The molecule has 1 amide bonds. The maximum absolute atomic E-state index is 12.8. The van der Waals surface area contributed by atoms with E-state index in [0.29, 0.717) is 34.1 Å². The summed E-state index contributed by atoms with van der Waals surface area (Å²) >= 11 is 1.24. The molecule has 2 aromatic carbocycles. The van der Waals surface area contributed by atoms with Crippen molar-refractivity contribution in [1.29, 1.82) is 0 Å². The van der Waals surface area contributed by atoms with Crippen LogP contribution in [0.2, 0.25) is 0 Å². The number of amides is 1. The quantitative estimate of drug-likeness (QED) is 0.448. The molecule has 1 N–H and O–H groups in total.